The highest BCUT2D eigenvalue weighted by Crippen LogP contribution is 2.30. The molecule has 0 aliphatic carbocycles. The molecule has 0 saturated carbocycles. The summed E-state index contributed by atoms with van der Waals surface area (Å²) in [6.07, 6.45) is 5.67. The predicted octanol–water partition coefficient (Wildman–Crippen LogP) is 5.46. The van der Waals surface area contributed by atoms with E-state index in [-0.39, 0.29) is 46.8 Å². The van der Waals surface area contributed by atoms with Gasteiger partial charge in [-0.3, -0.25) is 19.4 Å². The van der Waals surface area contributed by atoms with Crippen molar-refractivity contribution in [3.8, 4) is 5.75 Å². The van der Waals surface area contributed by atoms with Gasteiger partial charge in [0.2, 0.25) is 0 Å². The lowest BCUT2D eigenvalue weighted by molar-refractivity contribution is -0.0177. The number of carbonyl (C=O) groups is 1. The third-order valence-corrected chi connectivity index (χ3v) is 9.77. The average molecular weight is 673 g/mol. The van der Waals surface area contributed by atoms with Crippen LogP contribution in [0.3, 0.4) is 0 Å². The van der Waals surface area contributed by atoms with Crippen molar-refractivity contribution in [2.45, 2.75) is 69.7 Å². The molecule has 4 rings (SSSR count). The molecule has 12 heteroatoms. The summed E-state index contributed by atoms with van der Waals surface area (Å²) < 4.78 is 41.6. The SMILES string of the molecule is C[C@@H]1CN([C@@H](C)CO)C(=O)c2cc(NS(=O)(=O)c3ccc(Cl)cc3)ccc2O[C@@H](C)CCCCO[C@@H]1CN(C)Cc1ccncc1. The molecule has 4 atom stereocenters. The molecule has 1 aliphatic heterocycles. The highest BCUT2D eigenvalue weighted by atomic mass is 35.5. The standard InChI is InChI=1S/C34H45ClN4O6S/c1-24-20-39(25(2)23-40)34(41)31-19-29(37-46(42,43)30-11-8-28(35)9-12-30)10-13-32(31)45-26(3)7-5-6-18-44-33(24)22-38(4)21-27-14-16-36-17-15-27/h8-17,19,24-26,33,37,40H,5-7,18,20-23H2,1-4H3/t24-,25+,26+,33-/m1/s1. The minimum atomic E-state index is -3.96. The van der Waals surface area contributed by atoms with Crippen LogP contribution in [0.4, 0.5) is 5.69 Å². The number of fused-ring (bicyclic) bond motifs is 1. The quantitative estimate of drug-likeness (QED) is 0.307. The van der Waals surface area contributed by atoms with E-state index in [4.69, 9.17) is 21.1 Å². The van der Waals surface area contributed by atoms with Gasteiger partial charge in [0.05, 0.1) is 35.3 Å². The Morgan fingerprint density at radius 3 is 2.52 bits per heavy atom. The van der Waals surface area contributed by atoms with Gasteiger partial charge in [-0.05, 0) is 100 Å². The maximum Gasteiger partial charge on any atom is 0.261 e. The summed E-state index contributed by atoms with van der Waals surface area (Å²) in [6, 6.07) is 14.0. The van der Waals surface area contributed by atoms with Crippen molar-refractivity contribution in [3.63, 3.8) is 0 Å². The maximum absolute atomic E-state index is 14.3. The molecule has 46 heavy (non-hydrogen) atoms. The number of nitrogens with zero attached hydrogens (tertiary/aromatic N) is 3. The van der Waals surface area contributed by atoms with Crippen molar-refractivity contribution < 1.29 is 27.8 Å². The van der Waals surface area contributed by atoms with Gasteiger partial charge in [0, 0.05) is 55.3 Å². The van der Waals surface area contributed by atoms with Crippen LogP contribution >= 0.6 is 11.6 Å². The maximum atomic E-state index is 14.3. The molecule has 3 aromatic rings. The molecule has 1 amide bonds. The van der Waals surface area contributed by atoms with Crippen LogP contribution in [0.2, 0.25) is 5.02 Å². The number of likely N-dealkylation sites (N-methyl/N-ethyl adjacent to an activating group) is 1. The molecule has 1 aromatic heterocycles. The largest absolute Gasteiger partial charge is 0.490 e. The number of ether oxygens (including phenoxy) is 2. The Kier molecular flexibility index (Phi) is 12.8. The zero-order valence-corrected chi connectivity index (χ0v) is 28.5. The third-order valence-electron chi connectivity index (χ3n) is 8.12. The Labute approximate surface area is 277 Å². The summed E-state index contributed by atoms with van der Waals surface area (Å²) in [7, 11) is -1.91. The first-order chi connectivity index (χ1) is 22.0. The fourth-order valence-corrected chi connectivity index (χ4v) is 6.62. The van der Waals surface area contributed by atoms with Gasteiger partial charge in [0.1, 0.15) is 5.75 Å². The molecular formula is C34H45ClN4O6S. The lowest BCUT2D eigenvalue weighted by Gasteiger charge is -2.36. The van der Waals surface area contributed by atoms with E-state index in [2.05, 4.69) is 21.5 Å². The van der Waals surface area contributed by atoms with Gasteiger partial charge in [-0.15, -0.1) is 0 Å². The van der Waals surface area contributed by atoms with E-state index in [1.165, 1.54) is 30.3 Å². The number of rotatable bonds is 9. The number of pyridine rings is 1. The van der Waals surface area contributed by atoms with Gasteiger partial charge < -0.3 is 19.5 Å². The molecule has 10 nitrogen and oxygen atoms in total. The Bertz CT molecular complexity index is 1530. The minimum absolute atomic E-state index is 0.0393. The van der Waals surface area contributed by atoms with Crippen molar-refractivity contribution in [2.24, 2.45) is 5.92 Å². The van der Waals surface area contributed by atoms with Gasteiger partial charge >= 0.3 is 0 Å². The average Bonchev–Trinajstić information content (AvgIpc) is 3.03. The number of aromatic nitrogens is 1. The van der Waals surface area contributed by atoms with Crippen LogP contribution < -0.4 is 9.46 Å². The van der Waals surface area contributed by atoms with E-state index in [9.17, 15) is 18.3 Å². The van der Waals surface area contributed by atoms with Gasteiger partial charge in [-0.2, -0.15) is 0 Å². The van der Waals surface area contributed by atoms with E-state index in [0.717, 1.165) is 31.4 Å². The van der Waals surface area contributed by atoms with Crippen LogP contribution in [0.1, 0.15) is 56.0 Å². The van der Waals surface area contributed by atoms with Gasteiger partial charge in [-0.1, -0.05) is 18.5 Å². The second-order valence-corrected chi connectivity index (χ2v) is 14.2. The number of aliphatic hydroxyl groups excluding tert-OH is 1. The van der Waals surface area contributed by atoms with E-state index >= 15 is 0 Å². The van der Waals surface area contributed by atoms with Crippen molar-refractivity contribution in [3.05, 3.63) is 83.1 Å². The van der Waals surface area contributed by atoms with Gasteiger partial charge in [0.15, 0.2) is 0 Å². The Hall–Kier alpha value is -3.22. The zero-order chi connectivity index (χ0) is 33.3. The van der Waals surface area contributed by atoms with Gasteiger partial charge in [0.25, 0.3) is 15.9 Å². The molecule has 2 N–H and O–H groups in total. The summed E-state index contributed by atoms with van der Waals surface area (Å²) in [5.41, 5.74) is 1.56. The predicted molar refractivity (Wildman–Crippen MR) is 180 cm³/mol. The molecule has 0 bridgehead atoms. The molecule has 2 aromatic carbocycles. The number of nitrogens with one attached hydrogen (secondary N) is 1. The molecule has 0 saturated heterocycles. The van der Waals surface area contributed by atoms with Crippen LogP contribution in [-0.4, -0.2) is 85.8 Å². The second kappa shape index (κ2) is 16.6. The number of anilines is 1. The first-order valence-electron chi connectivity index (χ1n) is 15.7. The van der Waals surface area contributed by atoms with Gasteiger partial charge in [-0.25, -0.2) is 8.42 Å². The smallest absolute Gasteiger partial charge is 0.261 e. The lowest BCUT2D eigenvalue weighted by Crippen LogP contribution is -2.47. The first-order valence-corrected chi connectivity index (χ1v) is 17.5. The number of aliphatic hydroxyl groups is 1. The van der Waals surface area contributed by atoms with Crippen molar-refractivity contribution in [2.75, 3.05) is 38.1 Å². The van der Waals surface area contributed by atoms with E-state index in [0.29, 0.717) is 30.5 Å². The molecule has 1 aliphatic rings. The normalized spacial score (nSPS) is 20.8. The van der Waals surface area contributed by atoms with E-state index < -0.39 is 16.1 Å². The number of hydrogen-bond acceptors (Lipinski definition) is 8. The van der Waals surface area contributed by atoms with Crippen LogP contribution in [0, 0.1) is 5.92 Å². The summed E-state index contributed by atoms with van der Waals surface area (Å²) >= 11 is 5.95. The third kappa shape index (κ3) is 9.89. The Balaban J connectivity index is 1.64. The van der Waals surface area contributed by atoms with E-state index in [1.807, 2.05) is 26.1 Å². The van der Waals surface area contributed by atoms with Crippen molar-refractivity contribution in [1.29, 1.82) is 0 Å². The number of hydrogen-bond donors (Lipinski definition) is 2. The Morgan fingerprint density at radius 2 is 1.83 bits per heavy atom. The lowest BCUT2D eigenvalue weighted by atomic mass is 10.0. The summed E-state index contributed by atoms with van der Waals surface area (Å²) in [4.78, 5) is 22.3. The summed E-state index contributed by atoms with van der Waals surface area (Å²) in [5, 5.41) is 10.6. The molecule has 0 spiro atoms. The molecule has 0 fully saturated rings. The monoisotopic (exact) mass is 672 g/mol. The van der Waals surface area contributed by atoms with Crippen LogP contribution in [0.5, 0.6) is 5.75 Å². The number of halogens is 1. The molecule has 2 heterocycles. The number of sulfonamides is 1. The van der Waals surface area contributed by atoms with Crippen LogP contribution in [-0.2, 0) is 21.3 Å². The number of carbonyl (C=O) groups excluding carboxylic acids is 1. The van der Waals surface area contributed by atoms with Crippen LogP contribution in [0.15, 0.2) is 71.9 Å². The van der Waals surface area contributed by atoms with Crippen molar-refractivity contribution in [1.82, 2.24) is 14.8 Å². The minimum Gasteiger partial charge on any atom is -0.490 e. The van der Waals surface area contributed by atoms with Crippen molar-refractivity contribution >= 4 is 33.2 Å². The fourth-order valence-electron chi connectivity index (χ4n) is 5.45. The first kappa shape index (κ1) is 35.6. The highest BCUT2D eigenvalue weighted by molar-refractivity contribution is 7.92. The number of amides is 1. The summed E-state index contributed by atoms with van der Waals surface area (Å²) in [5.74, 6) is -0.101. The number of benzene rings is 2. The topological polar surface area (TPSA) is 121 Å². The van der Waals surface area contributed by atoms with E-state index in [1.54, 1.807) is 36.4 Å². The molecule has 0 unspecified atom stereocenters. The zero-order valence-electron chi connectivity index (χ0n) is 26.9. The molecular weight excluding hydrogens is 628 g/mol. The molecule has 250 valence electrons. The summed E-state index contributed by atoms with van der Waals surface area (Å²) in [6.45, 7) is 7.80. The highest BCUT2D eigenvalue weighted by Gasteiger charge is 2.30. The fraction of sp³-hybridized carbons (Fsp3) is 0.471. The molecule has 0 radical (unpaired) electrons. The second-order valence-electron chi connectivity index (χ2n) is 12.1. The Morgan fingerprint density at radius 1 is 1.11 bits per heavy atom. The van der Waals surface area contributed by atoms with Crippen LogP contribution in [0.25, 0.3) is 0 Å².